The lowest BCUT2D eigenvalue weighted by atomic mass is 9.91. The smallest absolute Gasteiger partial charge is 0.234 e. The molecule has 8 rings (SSSR count). The molecule has 0 spiro atoms. The number of carbonyl (C=O) groups excluding carboxylic acids is 2. The third-order valence-corrected chi connectivity index (χ3v) is 12.1. The van der Waals surface area contributed by atoms with Crippen LogP contribution in [-0.2, 0) is 16.0 Å². The maximum Gasteiger partial charge on any atom is 0.234 e. The fourth-order valence-electron chi connectivity index (χ4n) is 7.81. The third kappa shape index (κ3) is 7.90. The molecule has 2 atom stereocenters. The summed E-state index contributed by atoms with van der Waals surface area (Å²) in [7, 11) is 0. The van der Waals surface area contributed by atoms with Gasteiger partial charge in [-0.1, -0.05) is 17.4 Å². The molecule has 15 heteroatoms. The van der Waals surface area contributed by atoms with Gasteiger partial charge in [0.15, 0.2) is 5.01 Å². The van der Waals surface area contributed by atoms with Crippen molar-refractivity contribution in [3.63, 3.8) is 0 Å². The second-order valence-corrected chi connectivity index (χ2v) is 15.7. The second-order valence-electron chi connectivity index (χ2n) is 14.8. The van der Waals surface area contributed by atoms with Gasteiger partial charge < -0.3 is 9.80 Å². The van der Waals surface area contributed by atoms with Gasteiger partial charge in [0, 0.05) is 76.1 Å². The van der Waals surface area contributed by atoms with Gasteiger partial charge in [0.25, 0.3) is 0 Å². The van der Waals surface area contributed by atoms with E-state index in [2.05, 4.69) is 53.5 Å². The molecule has 8 heterocycles. The van der Waals surface area contributed by atoms with Crippen molar-refractivity contribution in [3.05, 3.63) is 71.7 Å². The number of hydrogen-bond acceptors (Lipinski definition) is 13. The zero-order valence-corrected chi connectivity index (χ0v) is 31.6. The average Bonchev–Trinajstić information content (AvgIpc) is 3.88. The number of nitriles is 2. The monoisotopic (exact) mass is 754 g/mol. The van der Waals surface area contributed by atoms with E-state index in [1.165, 1.54) is 0 Å². The number of piperidine rings is 2. The van der Waals surface area contributed by atoms with Crippen molar-refractivity contribution in [2.24, 2.45) is 11.8 Å². The van der Waals surface area contributed by atoms with E-state index < -0.39 is 0 Å². The van der Waals surface area contributed by atoms with E-state index in [9.17, 15) is 20.1 Å². The Morgan fingerprint density at radius 3 is 2.51 bits per heavy atom. The molecule has 5 aromatic heterocycles. The van der Waals surface area contributed by atoms with Crippen LogP contribution >= 0.6 is 11.3 Å². The number of aryl methyl sites for hydroxylation is 1. The number of nitrogens with zero attached hydrogens (tertiary/aromatic N) is 11. The molecule has 280 valence electrons. The van der Waals surface area contributed by atoms with Gasteiger partial charge in [-0.3, -0.25) is 24.8 Å². The Hall–Kier alpha value is -5.77. The van der Waals surface area contributed by atoms with E-state index in [1.54, 1.807) is 34.3 Å². The Bertz CT molecular complexity index is 2270. The molecule has 1 N–H and O–H groups in total. The van der Waals surface area contributed by atoms with Crippen molar-refractivity contribution in [2.45, 2.75) is 51.4 Å². The standard InChI is InChI=1S/C40H42N12O2S/c1-26(20-41)2-3-29-19-34(35-7-5-31-18-28(21-42)22-45-52(31)35)43-24-33(29)39-47-48-40(55-39)51-16-14-49(15-17-51)25-27-10-12-50(13-11-27)36-8-4-30(23-44-36)32-6-9-37(53)46-38(32)54/h4-5,7-8,18-19,22-24,26-27,32H,2-3,6,9-17,25H2,1H3,(H,46,53,54)/t26-,32+/m0/s1. The fraction of sp³-hybridized carbons (Fsp3) is 0.425. The third-order valence-electron chi connectivity index (χ3n) is 11.1. The summed E-state index contributed by atoms with van der Waals surface area (Å²) in [6.45, 7) is 8.67. The lowest BCUT2D eigenvalue weighted by Crippen LogP contribution is -2.49. The molecule has 14 nitrogen and oxygen atoms in total. The minimum absolute atomic E-state index is 0.0820. The van der Waals surface area contributed by atoms with E-state index >= 15 is 0 Å². The quantitative estimate of drug-likeness (QED) is 0.193. The summed E-state index contributed by atoms with van der Waals surface area (Å²) in [5.74, 6) is 0.749. The van der Waals surface area contributed by atoms with Crippen LogP contribution in [0, 0.1) is 34.5 Å². The molecule has 2 amide bonds. The number of anilines is 2. The van der Waals surface area contributed by atoms with Gasteiger partial charge in [0.2, 0.25) is 16.9 Å². The molecular formula is C40H42N12O2S. The van der Waals surface area contributed by atoms with Crippen molar-refractivity contribution < 1.29 is 9.59 Å². The number of nitrogens with one attached hydrogen (secondary N) is 1. The van der Waals surface area contributed by atoms with Crippen LogP contribution in [0.15, 0.2) is 55.0 Å². The highest BCUT2D eigenvalue weighted by Crippen LogP contribution is 2.35. The van der Waals surface area contributed by atoms with Gasteiger partial charge >= 0.3 is 0 Å². The van der Waals surface area contributed by atoms with Crippen LogP contribution in [0.2, 0.25) is 0 Å². The highest BCUT2D eigenvalue weighted by Gasteiger charge is 2.29. The molecule has 0 radical (unpaired) electrons. The predicted molar refractivity (Wildman–Crippen MR) is 208 cm³/mol. The number of piperazine rings is 1. The topological polar surface area (TPSA) is 172 Å². The predicted octanol–water partition coefficient (Wildman–Crippen LogP) is 4.83. The molecule has 0 unspecified atom stereocenters. The van der Waals surface area contributed by atoms with Crippen molar-refractivity contribution in [1.29, 1.82) is 10.5 Å². The number of imide groups is 1. The number of amides is 2. The van der Waals surface area contributed by atoms with Gasteiger partial charge in [-0.25, -0.2) is 9.50 Å². The first kappa shape index (κ1) is 36.2. The van der Waals surface area contributed by atoms with Crippen molar-refractivity contribution in [1.82, 2.24) is 40.0 Å². The summed E-state index contributed by atoms with van der Waals surface area (Å²) < 4.78 is 1.79. The number of aromatic nitrogens is 6. The van der Waals surface area contributed by atoms with Gasteiger partial charge in [0.05, 0.1) is 40.7 Å². The molecule has 0 aliphatic carbocycles. The van der Waals surface area contributed by atoms with E-state index in [1.807, 2.05) is 37.4 Å². The number of fused-ring (bicyclic) bond motifs is 1. The summed E-state index contributed by atoms with van der Waals surface area (Å²) in [6, 6.07) is 16.3. The lowest BCUT2D eigenvalue weighted by Gasteiger charge is -2.39. The van der Waals surface area contributed by atoms with Gasteiger partial charge in [-0.15, -0.1) is 10.2 Å². The molecule has 55 heavy (non-hydrogen) atoms. The van der Waals surface area contributed by atoms with Gasteiger partial charge in [-0.05, 0) is 86.4 Å². The van der Waals surface area contributed by atoms with Crippen LogP contribution < -0.4 is 15.1 Å². The molecular weight excluding hydrogens is 713 g/mol. The number of pyridine rings is 2. The first-order chi connectivity index (χ1) is 26.8. The first-order valence-corrected chi connectivity index (χ1v) is 19.8. The zero-order valence-electron chi connectivity index (χ0n) is 30.8. The van der Waals surface area contributed by atoms with Crippen molar-refractivity contribution >= 4 is 39.6 Å². The maximum atomic E-state index is 12.3. The summed E-state index contributed by atoms with van der Waals surface area (Å²) in [5, 5.41) is 36.7. The highest BCUT2D eigenvalue weighted by atomic mass is 32.1. The Labute approximate surface area is 323 Å². The largest absolute Gasteiger partial charge is 0.357 e. The number of rotatable bonds is 10. The summed E-state index contributed by atoms with van der Waals surface area (Å²) >= 11 is 1.59. The van der Waals surface area contributed by atoms with E-state index in [0.29, 0.717) is 30.7 Å². The number of carbonyl (C=O) groups is 2. The van der Waals surface area contributed by atoms with Crippen molar-refractivity contribution in [2.75, 3.05) is 55.6 Å². The van der Waals surface area contributed by atoms with Crippen LogP contribution in [-0.4, -0.2) is 92.3 Å². The van der Waals surface area contributed by atoms with E-state index in [-0.39, 0.29) is 23.7 Å². The maximum absolute atomic E-state index is 12.3. The fourth-order valence-corrected chi connectivity index (χ4v) is 8.75. The second kappa shape index (κ2) is 15.9. The molecule has 3 aliphatic heterocycles. The molecule has 3 saturated heterocycles. The van der Waals surface area contributed by atoms with Crippen molar-refractivity contribution in [3.8, 4) is 34.1 Å². The van der Waals surface area contributed by atoms with Crippen LogP contribution in [0.1, 0.15) is 61.6 Å². The Morgan fingerprint density at radius 1 is 0.927 bits per heavy atom. The summed E-state index contributed by atoms with van der Waals surface area (Å²) in [4.78, 5) is 40.6. The molecule has 0 aromatic carbocycles. The minimum atomic E-state index is -0.311. The first-order valence-electron chi connectivity index (χ1n) is 19.0. The molecule has 5 aromatic rings. The normalized spacial score (nSPS) is 18.9. The molecule has 0 saturated carbocycles. The highest BCUT2D eigenvalue weighted by molar-refractivity contribution is 7.18. The number of hydrogen-bond donors (Lipinski definition) is 1. The molecule has 3 aliphatic rings. The van der Waals surface area contributed by atoms with Gasteiger partial charge in [0.1, 0.15) is 11.9 Å². The zero-order chi connectivity index (χ0) is 37.9. The average molecular weight is 755 g/mol. The Morgan fingerprint density at radius 2 is 1.76 bits per heavy atom. The van der Waals surface area contributed by atoms with Crippen LogP contribution in [0.5, 0.6) is 0 Å². The van der Waals surface area contributed by atoms with E-state index in [4.69, 9.17) is 9.97 Å². The lowest BCUT2D eigenvalue weighted by molar-refractivity contribution is -0.134. The Kier molecular flexibility index (Phi) is 10.5. The molecule has 0 bridgehead atoms. The van der Waals surface area contributed by atoms with Crippen LogP contribution in [0.3, 0.4) is 0 Å². The van der Waals surface area contributed by atoms with Crippen LogP contribution in [0.4, 0.5) is 10.9 Å². The van der Waals surface area contributed by atoms with E-state index in [0.717, 1.165) is 115 Å². The molecule has 3 fully saturated rings. The summed E-state index contributed by atoms with van der Waals surface area (Å²) in [5.41, 5.74) is 5.79. The van der Waals surface area contributed by atoms with Crippen LogP contribution in [0.25, 0.3) is 27.5 Å². The SMILES string of the molecule is C[C@H](C#N)CCc1cc(-c2ccc3cc(C#N)cnn23)ncc1-c1nnc(N2CCN(CC3CCN(c4ccc([C@H]5CCC(=O)NC5=O)cn4)CC3)CC2)s1. The summed E-state index contributed by atoms with van der Waals surface area (Å²) in [6.07, 6.45) is 9.75. The minimum Gasteiger partial charge on any atom is -0.357 e. The van der Waals surface area contributed by atoms with Gasteiger partial charge in [-0.2, -0.15) is 15.6 Å². The Balaban J connectivity index is 0.864.